The summed E-state index contributed by atoms with van der Waals surface area (Å²) in [4.78, 5) is 42.6. The molecule has 2 amide bonds. The lowest BCUT2D eigenvalue weighted by Crippen LogP contribution is -2.49. The van der Waals surface area contributed by atoms with Crippen LogP contribution in [-0.4, -0.2) is 59.4 Å². The molecule has 1 fully saturated rings. The van der Waals surface area contributed by atoms with Gasteiger partial charge in [-0.25, -0.2) is 4.79 Å². The molecule has 6 nitrogen and oxygen atoms in total. The number of esters is 1. The Hall–Kier alpha value is -2.99. The molecule has 0 aliphatic carbocycles. The lowest BCUT2D eigenvalue weighted by atomic mass is 10.0. The largest absolute Gasteiger partial charge is 0.459 e. The highest BCUT2D eigenvalue weighted by atomic mass is 16.5. The molecule has 4 rings (SSSR count). The van der Waals surface area contributed by atoms with E-state index in [0.717, 1.165) is 36.4 Å². The second-order valence-corrected chi connectivity index (χ2v) is 7.83. The van der Waals surface area contributed by atoms with Gasteiger partial charge in [0.25, 0.3) is 11.8 Å². The molecule has 2 atom stereocenters. The summed E-state index contributed by atoms with van der Waals surface area (Å²) >= 11 is 0. The van der Waals surface area contributed by atoms with Crippen LogP contribution in [0.1, 0.15) is 46.0 Å². The van der Waals surface area contributed by atoms with E-state index in [1.54, 1.807) is 24.3 Å². The van der Waals surface area contributed by atoms with E-state index in [-0.39, 0.29) is 12.5 Å². The van der Waals surface area contributed by atoms with Crippen molar-refractivity contribution in [2.45, 2.75) is 38.3 Å². The van der Waals surface area contributed by atoms with E-state index in [4.69, 9.17) is 4.74 Å². The average molecular weight is 406 g/mol. The van der Waals surface area contributed by atoms with Gasteiger partial charge in [-0.3, -0.25) is 19.4 Å². The number of likely N-dealkylation sites (tertiary alicyclic amines) is 1. The number of nitrogens with zero attached hydrogens (tertiary/aromatic N) is 2. The minimum absolute atomic E-state index is 0.223. The normalized spacial score (nSPS) is 20.2. The van der Waals surface area contributed by atoms with Crippen molar-refractivity contribution >= 4 is 17.8 Å². The first-order valence-corrected chi connectivity index (χ1v) is 10.5. The van der Waals surface area contributed by atoms with Gasteiger partial charge in [0.05, 0.1) is 11.1 Å². The monoisotopic (exact) mass is 406 g/mol. The van der Waals surface area contributed by atoms with Crippen molar-refractivity contribution in [1.82, 2.24) is 9.80 Å². The highest BCUT2D eigenvalue weighted by molar-refractivity contribution is 6.22. The van der Waals surface area contributed by atoms with Crippen LogP contribution in [0.2, 0.25) is 0 Å². The zero-order chi connectivity index (χ0) is 21.1. The first kappa shape index (κ1) is 20.3. The van der Waals surface area contributed by atoms with Crippen LogP contribution in [0.4, 0.5) is 0 Å². The van der Waals surface area contributed by atoms with Gasteiger partial charge in [-0.1, -0.05) is 49.4 Å². The summed E-state index contributed by atoms with van der Waals surface area (Å²) in [6.45, 7) is 4.67. The zero-order valence-corrected chi connectivity index (χ0v) is 17.1. The molecule has 2 heterocycles. The fraction of sp³-hybridized carbons (Fsp3) is 0.375. The van der Waals surface area contributed by atoms with Gasteiger partial charge in [-0.2, -0.15) is 0 Å². The van der Waals surface area contributed by atoms with Crippen LogP contribution in [0.5, 0.6) is 0 Å². The summed E-state index contributed by atoms with van der Waals surface area (Å²) in [5.74, 6) is -1.39. The third kappa shape index (κ3) is 4.00. The SMILES string of the molecule is CCN1CCCC(OC(=O)C(Cc2ccccc2)N2C(=O)c3ccccc3C2=O)C1. The van der Waals surface area contributed by atoms with Gasteiger partial charge >= 0.3 is 5.97 Å². The number of imide groups is 1. The molecule has 2 unspecified atom stereocenters. The van der Waals surface area contributed by atoms with Crippen molar-refractivity contribution in [2.75, 3.05) is 19.6 Å². The smallest absolute Gasteiger partial charge is 0.330 e. The van der Waals surface area contributed by atoms with E-state index >= 15 is 0 Å². The molecule has 2 aliphatic heterocycles. The first-order chi connectivity index (χ1) is 14.6. The standard InChI is InChI=1S/C24H26N2O4/c1-2-25-14-8-11-18(16-25)30-24(29)21(15-17-9-4-3-5-10-17)26-22(27)19-12-6-7-13-20(19)23(26)28/h3-7,9-10,12-13,18,21H,2,8,11,14-16H2,1H3. The lowest BCUT2D eigenvalue weighted by Gasteiger charge is -2.33. The number of amides is 2. The van der Waals surface area contributed by atoms with Gasteiger partial charge in [0, 0.05) is 13.0 Å². The fourth-order valence-electron chi connectivity index (χ4n) is 4.25. The molecule has 0 radical (unpaired) electrons. The summed E-state index contributed by atoms with van der Waals surface area (Å²) in [7, 11) is 0. The maximum Gasteiger partial charge on any atom is 0.330 e. The Morgan fingerprint density at radius 1 is 1.03 bits per heavy atom. The number of rotatable bonds is 6. The number of likely N-dealkylation sites (N-methyl/N-ethyl adjacent to an activating group) is 1. The van der Waals surface area contributed by atoms with Crippen LogP contribution in [-0.2, 0) is 16.0 Å². The van der Waals surface area contributed by atoms with Crippen LogP contribution < -0.4 is 0 Å². The molecule has 2 aromatic carbocycles. The van der Waals surface area contributed by atoms with Crippen LogP contribution in [0.3, 0.4) is 0 Å². The molecule has 0 aromatic heterocycles. The summed E-state index contributed by atoms with van der Waals surface area (Å²) < 4.78 is 5.84. The predicted octanol–water partition coefficient (Wildman–Crippen LogP) is 2.92. The number of piperidine rings is 1. The molecule has 2 aromatic rings. The van der Waals surface area contributed by atoms with Crippen molar-refractivity contribution in [2.24, 2.45) is 0 Å². The van der Waals surface area contributed by atoms with Crippen LogP contribution in [0.25, 0.3) is 0 Å². The molecule has 2 aliphatic rings. The van der Waals surface area contributed by atoms with Crippen molar-refractivity contribution < 1.29 is 19.1 Å². The van der Waals surface area contributed by atoms with Crippen LogP contribution >= 0.6 is 0 Å². The van der Waals surface area contributed by atoms with E-state index in [0.29, 0.717) is 17.7 Å². The molecule has 0 bridgehead atoms. The summed E-state index contributed by atoms with van der Waals surface area (Å²) in [5.41, 5.74) is 1.54. The van der Waals surface area contributed by atoms with Gasteiger partial charge in [0.15, 0.2) is 0 Å². The molecule has 0 spiro atoms. The fourth-order valence-corrected chi connectivity index (χ4v) is 4.25. The number of hydrogen-bond acceptors (Lipinski definition) is 5. The lowest BCUT2D eigenvalue weighted by molar-refractivity contribution is -0.156. The summed E-state index contributed by atoms with van der Waals surface area (Å²) in [6.07, 6.45) is 1.76. The van der Waals surface area contributed by atoms with E-state index in [1.165, 1.54) is 0 Å². The minimum atomic E-state index is -0.989. The third-order valence-electron chi connectivity index (χ3n) is 5.87. The van der Waals surface area contributed by atoms with E-state index in [1.807, 2.05) is 30.3 Å². The number of carbonyl (C=O) groups is 3. The molecular formula is C24H26N2O4. The number of fused-ring (bicyclic) bond motifs is 1. The van der Waals surface area contributed by atoms with Crippen molar-refractivity contribution in [3.05, 3.63) is 71.3 Å². The summed E-state index contributed by atoms with van der Waals surface area (Å²) in [6, 6.07) is 15.1. The van der Waals surface area contributed by atoms with E-state index < -0.39 is 23.8 Å². The Morgan fingerprint density at radius 2 is 1.67 bits per heavy atom. The van der Waals surface area contributed by atoms with Crippen molar-refractivity contribution in [3.63, 3.8) is 0 Å². The highest BCUT2D eigenvalue weighted by Gasteiger charge is 2.44. The average Bonchev–Trinajstić information content (AvgIpc) is 3.03. The Morgan fingerprint density at radius 3 is 2.30 bits per heavy atom. The van der Waals surface area contributed by atoms with Gasteiger partial charge in [0.2, 0.25) is 0 Å². The Bertz CT molecular complexity index is 908. The van der Waals surface area contributed by atoms with Gasteiger partial charge in [-0.05, 0) is 43.6 Å². The molecule has 6 heteroatoms. The first-order valence-electron chi connectivity index (χ1n) is 10.5. The Labute approximate surface area is 176 Å². The minimum Gasteiger partial charge on any atom is -0.459 e. The van der Waals surface area contributed by atoms with Crippen molar-refractivity contribution in [1.29, 1.82) is 0 Å². The number of carbonyl (C=O) groups excluding carboxylic acids is 3. The molecule has 1 saturated heterocycles. The molecule has 156 valence electrons. The van der Waals surface area contributed by atoms with Crippen molar-refractivity contribution in [3.8, 4) is 0 Å². The second kappa shape index (κ2) is 8.79. The van der Waals surface area contributed by atoms with E-state index in [2.05, 4.69) is 11.8 Å². The predicted molar refractivity (Wildman–Crippen MR) is 112 cm³/mol. The summed E-state index contributed by atoms with van der Waals surface area (Å²) in [5, 5.41) is 0. The van der Waals surface area contributed by atoms with Gasteiger partial charge in [-0.15, -0.1) is 0 Å². The molecule has 30 heavy (non-hydrogen) atoms. The highest BCUT2D eigenvalue weighted by Crippen LogP contribution is 2.27. The quantitative estimate of drug-likeness (QED) is 0.545. The Kier molecular flexibility index (Phi) is 5.95. The molecular weight excluding hydrogens is 380 g/mol. The van der Waals surface area contributed by atoms with Gasteiger partial charge < -0.3 is 4.74 Å². The second-order valence-electron chi connectivity index (χ2n) is 7.83. The van der Waals surface area contributed by atoms with Crippen LogP contribution in [0.15, 0.2) is 54.6 Å². The number of ether oxygens (including phenoxy) is 1. The number of hydrogen-bond donors (Lipinski definition) is 0. The molecule has 0 saturated carbocycles. The maximum absolute atomic E-state index is 13.3. The maximum atomic E-state index is 13.3. The zero-order valence-electron chi connectivity index (χ0n) is 17.1. The van der Waals surface area contributed by atoms with Gasteiger partial charge in [0.1, 0.15) is 12.1 Å². The number of benzene rings is 2. The topological polar surface area (TPSA) is 66.9 Å². The Balaban J connectivity index is 1.59. The van der Waals surface area contributed by atoms with Crippen LogP contribution in [0, 0.1) is 0 Å². The third-order valence-corrected chi connectivity index (χ3v) is 5.87. The van der Waals surface area contributed by atoms with E-state index in [9.17, 15) is 14.4 Å². The molecule has 0 N–H and O–H groups in total.